The normalized spacial score (nSPS) is 20.4. The number of nitrogens with two attached hydrogens (primary N) is 1. The standard InChI is InChI=1S/C17H27N5O2S/c1-3-19-16(22-12-17(11-20-22)8-4-5-9-17)21-25(23,24)14-6-7-15(18)13(2)10-14/h6-7,10,20H,3-5,8-9,11-12,18H2,1-2H3,(H,19,21). The molecule has 0 aromatic heterocycles. The first-order valence-corrected chi connectivity index (χ1v) is 10.3. The molecule has 1 spiro atoms. The van der Waals surface area contributed by atoms with Gasteiger partial charge in [-0.05, 0) is 50.5 Å². The van der Waals surface area contributed by atoms with Crippen LogP contribution < -0.4 is 15.9 Å². The van der Waals surface area contributed by atoms with Crippen molar-refractivity contribution in [3.8, 4) is 0 Å². The van der Waals surface area contributed by atoms with Crippen LogP contribution in [-0.4, -0.2) is 39.0 Å². The number of nitrogen functional groups attached to an aromatic ring is 1. The molecule has 2 aliphatic rings. The first kappa shape index (κ1) is 18.0. The number of nitrogens with zero attached hydrogens (tertiary/aromatic N) is 2. The highest BCUT2D eigenvalue weighted by molar-refractivity contribution is 7.90. The molecule has 1 aromatic rings. The lowest BCUT2D eigenvalue weighted by Gasteiger charge is -2.24. The summed E-state index contributed by atoms with van der Waals surface area (Å²) in [6.45, 7) is 5.85. The molecule has 8 heteroatoms. The zero-order valence-corrected chi connectivity index (χ0v) is 15.7. The second kappa shape index (κ2) is 6.84. The van der Waals surface area contributed by atoms with Gasteiger partial charge >= 0.3 is 0 Å². The molecule has 0 bridgehead atoms. The molecule has 1 saturated heterocycles. The Morgan fingerprint density at radius 1 is 1.40 bits per heavy atom. The lowest BCUT2D eigenvalue weighted by Crippen LogP contribution is -2.47. The van der Waals surface area contributed by atoms with E-state index in [4.69, 9.17) is 5.73 Å². The van der Waals surface area contributed by atoms with E-state index in [0.29, 0.717) is 18.2 Å². The van der Waals surface area contributed by atoms with Crippen molar-refractivity contribution in [2.75, 3.05) is 25.4 Å². The SMILES string of the molecule is CCN=C(NS(=O)(=O)c1ccc(N)c(C)c1)N1CC2(CCCC2)CN1. The maximum atomic E-state index is 12.8. The Morgan fingerprint density at radius 2 is 2.12 bits per heavy atom. The van der Waals surface area contributed by atoms with E-state index in [1.54, 1.807) is 19.1 Å². The maximum absolute atomic E-state index is 12.8. The third kappa shape index (κ3) is 3.74. The highest BCUT2D eigenvalue weighted by Crippen LogP contribution is 2.40. The van der Waals surface area contributed by atoms with Crippen molar-refractivity contribution in [1.29, 1.82) is 0 Å². The second-order valence-corrected chi connectivity index (χ2v) is 8.73. The largest absolute Gasteiger partial charge is 0.399 e. The van der Waals surface area contributed by atoms with Gasteiger partial charge in [-0.1, -0.05) is 12.8 Å². The number of rotatable bonds is 3. The number of sulfonamides is 1. The summed E-state index contributed by atoms with van der Waals surface area (Å²) in [5.41, 5.74) is 10.7. The van der Waals surface area contributed by atoms with E-state index in [2.05, 4.69) is 15.1 Å². The fourth-order valence-corrected chi connectivity index (χ4v) is 4.75. The van der Waals surface area contributed by atoms with Crippen molar-refractivity contribution < 1.29 is 8.42 Å². The predicted molar refractivity (Wildman–Crippen MR) is 99.5 cm³/mol. The van der Waals surface area contributed by atoms with Crippen LogP contribution in [0.4, 0.5) is 5.69 Å². The van der Waals surface area contributed by atoms with Crippen molar-refractivity contribution in [3.63, 3.8) is 0 Å². The van der Waals surface area contributed by atoms with E-state index in [1.807, 2.05) is 11.9 Å². The Hall–Kier alpha value is -1.80. The summed E-state index contributed by atoms with van der Waals surface area (Å²) in [5.74, 6) is 0.362. The molecule has 7 nitrogen and oxygen atoms in total. The molecule has 3 rings (SSSR count). The van der Waals surface area contributed by atoms with Gasteiger partial charge in [0, 0.05) is 30.7 Å². The van der Waals surface area contributed by atoms with Gasteiger partial charge in [-0.3, -0.25) is 10.0 Å². The van der Waals surface area contributed by atoms with E-state index in [1.165, 1.54) is 31.7 Å². The topological polar surface area (TPSA) is 99.8 Å². The lowest BCUT2D eigenvalue weighted by atomic mass is 9.88. The first-order valence-electron chi connectivity index (χ1n) is 8.80. The van der Waals surface area contributed by atoms with Gasteiger partial charge in [0.15, 0.2) is 0 Å². The van der Waals surface area contributed by atoms with Crippen LogP contribution in [0.2, 0.25) is 0 Å². The molecule has 0 atom stereocenters. The number of guanidine groups is 1. The summed E-state index contributed by atoms with van der Waals surface area (Å²) < 4.78 is 28.2. The molecule has 138 valence electrons. The van der Waals surface area contributed by atoms with Crippen molar-refractivity contribution in [3.05, 3.63) is 23.8 Å². The number of hydrazine groups is 1. The summed E-state index contributed by atoms with van der Waals surface area (Å²) in [6, 6.07) is 4.71. The molecule has 0 unspecified atom stereocenters. The average Bonchev–Trinajstić information content (AvgIpc) is 3.20. The predicted octanol–water partition coefficient (Wildman–Crippen LogP) is 1.61. The fourth-order valence-electron chi connectivity index (χ4n) is 3.64. The molecule has 0 radical (unpaired) electrons. The van der Waals surface area contributed by atoms with E-state index < -0.39 is 10.0 Å². The van der Waals surface area contributed by atoms with Crippen LogP contribution in [0, 0.1) is 12.3 Å². The van der Waals surface area contributed by atoms with Crippen LogP contribution >= 0.6 is 0 Å². The van der Waals surface area contributed by atoms with E-state index in [9.17, 15) is 8.42 Å². The molecule has 1 saturated carbocycles. The molecular weight excluding hydrogens is 338 g/mol. The highest BCUT2D eigenvalue weighted by Gasteiger charge is 2.41. The molecule has 2 fully saturated rings. The van der Waals surface area contributed by atoms with Crippen LogP contribution in [0.15, 0.2) is 28.1 Å². The van der Waals surface area contributed by atoms with Crippen LogP contribution in [0.3, 0.4) is 0 Å². The van der Waals surface area contributed by atoms with Crippen molar-refractivity contribution >= 4 is 21.7 Å². The van der Waals surface area contributed by atoms with Crippen molar-refractivity contribution in [2.24, 2.45) is 10.4 Å². The van der Waals surface area contributed by atoms with Crippen LogP contribution in [0.1, 0.15) is 38.2 Å². The Morgan fingerprint density at radius 3 is 2.76 bits per heavy atom. The van der Waals surface area contributed by atoms with Gasteiger partial charge in [-0.2, -0.15) is 0 Å². The van der Waals surface area contributed by atoms with Gasteiger partial charge in [-0.25, -0.2) is 18.6 Å². The third-order valence-electron chi connectivity index (χ3n) is 5.14. The van der Waals surface area contributed by atoms with E-state index in [0.717, 1.165) is 18.7 Å². The molecule has 1 aliphatic heterocycles. The number of benzene rings is 1. The van der Waals surface area contributed by atoms with Crippen LogP contribution in [0.5, 0.6) is 0 Å². The van der Waals surface area contributed by atoms with Gasteiger partial charge in [0.05, 0.1) is 4.90 Å². The van der Waals surface area contributed by atoms with Crippen LogP contribution in [0.25, 0.3) is 0 Å². The average molecular weight is 366 g/mol. The summed E-state index contributed by atoms with van der Waals surface area (Å²) in [4.78, 5) is 4.57. The molecule has 4 N–H and O–H groups in total. The zero-order valence-electron chi connectivity index (χ0n) is 14.9. The number of nitrogens with one attached hydrogen (secondary N) is 2. The Labute approximate surface area is 149 Å². The minimum atomic E-state index is -3.71. The van der Waals surface area contributed by atoms with Gasteiger partial charge in [0.25, 0.3) is 10.0 Å². The molecule has 1 aromatic carbocycles. The molecule has 25 heavy (non-hydrogen) atoms. The van der Waals surface area contributed by atoms with E-state index in [-0.39, 0.29) is 10.3 Å². The fraction of sp³-hybridized carbons (Fsp3) is 0.588. The number of aliphatic imine (C=N–C) groups is 1. The van der Waals surface area contributed by atoms with Gasteiger partial charge < -0.3 is 5.73 Å². The molecule has 0 amide bonds. The van der Waals surface area contributed by atoms with E-state index >= 15 is 0 Å². The van der Waals surface area contributed by atoms with Gasteiger partial charge in [0.1, 0.15) is 0 Å². The quantitative estimate of drug-likeness (QED) is 0.429. The lowest BCUT2D eigenvalue weighted by molar-refractivity contribution is 0.320. The molecule has 1 aliphatic carbocycles. The minimum Gasteiger partial charge on any atom is -0.399 e. The summed E-state index contributed by atoms with van der Waals surface area (Å²) >= 11 is 0. The molecular formula is C17H27N5O2S. The minimum absolute atomic E-state index is 0.192. The number of anilines is 1. The summed E-state index contributed by atoms with van der Waals surface area (Å²) in [7, 11) is -3.71. The zero-order chi connectivity index (χ0) is 18.1. The first-order chi connectivity index (χ1) is 11.9. The van der Waals surface area contributed by atoms with Crippen LogP contribution in [-0.2, 0) is 10.0 Å². The van der Waals surface area contributed by atoms with Gasteiger partial charge in [0.2, 0.25) is 5.96 Å². The van der Waals surface area contributed by atoms with Crippen molar-refractivity contribution in [2.45, 2.75) is 44.4 Å². The smallest absolute Gasteiger partial charge is 0.264 e. The monoisotopic (exact) mass is 365 g/mol. The maximum Gasteiger partial charge on any atom is 0.264 e. The second-order valence-electron chi connectivity index (χ2n) is 7.05. The Kier molecular flexibility index (Phi) is 4.92. The third-order valence-corrected chi connectivity index (χ3v) is 6.47. The number of hydrogen-bond acceptors (Lipinski definition) is 5. The Balaban J connectivity index is 1.80. The summed E-state index contributed by atoms with van der Waals surface area (Å²) in [6.07, 6.45) is 4.85. The number of hydrogen-bond donors (Lipinski definition) is 3. The van der Waals surface area contributed by atoms with Gasteiger partial charge in [-0.15, -0.1) is 0 Å². The highest BCUT2D eigenvalue weighted by atomic mass is 32.2. The number of aryl methyl sites for hydroxylation is 1. The summed E-state index contributed by atoms with van der Waals surface area (Å²) in [5, 5.41) is 1.86. The van der Waals surface area contributed by atoms with Crippen molar-refractivity contribution in [1.82, 2.24) is 15.2 Å². The molecule has 1 heterocycles. The Bertz CT molecular complexity index is 769.